The number of hydrogen-bond donors (Lipinski definition) is 1. The summed E-state index contributed by atoms with van der Waals surface area (Å²) >= 11 is 0. The Morgan fingerprint density at radius 1 is 1.05 bits per heavy atom. The van der Waals surface area contributed by atoms with Gasteiger partial charge in [-0.3, -0.25) is 0 Å². The van der Waals surface area contributed by atoms with Gasteiger partial charge in [0.2, 0.25) is 5.95 Å². The van der Waals surface area contributed by atoms with Gasteiger partial charge in [-0.05, 0) is 18.1 Å². The predicted molar refractivity (Wildman–Crippen MR) is 87.1 cm³/mol. The average molecular weight is 277 g/mol. The molecule has 3 aromatic rings. The van der Waals surface area contributed by atoms with E-state index in [-0.39, 0.29) is 0 Å². The van der Waals surface area contributed by atoms with E-state index in [1.807, 2.05) is 31.4 Å². The highest BCUT2D eigenvalue weighted by atomic mass is 15.2. The molecule has 0 aliphatic rings. The van der Waals surface area contributed by atoms with E-state index in [1.54, 1.807) is 0 Å². The first kappa shape index (κ1) is 13.4. The molecule has 0 aliphatic heterocycles. The van der Waals surface area contributed by atoms with Gasteiger partial charge in [-0.2, -0.15) is 0 Å². The van der Waals surface area contributed by atoms with Crippen LogP contribution in [0.3, 0.4) is 0 Å². The molecule has 0 atom stereocenters. The van der Waals surface area contributed by atoms with Gasteiger partial charge >= 0.3 is 0 Å². The summed E-state index contributed by atoms with van der Waals surface area (Å²) in [5, 5.41) is 3.40. The number of nitrogens with one attached hydrogen (secondary N) is 1. The first-order valence-corrected chi connectivity index (χ1v) is 7.10. The van der Waals surface area contributed by atoms with E-state index >= 15 is 0 Å². The third-order valence-electron chi connectivity index (χ3n) is 3.59. The van der Waals surface area contributed by atoms with Crippen LogP contribution < -0.4 is 5.32 Å². The standard InChI is InChI=1S/C18H19N3/c1-14-7-6-8-15(11-14)12-19-18-20-13-17(21(18)2)16-9-4-3-5-10-16/h3-11,13H,12H2,1-2H3,(H,19,20). The first-order valence-electron chi connectivity index (χ1n) is 7.10. The summed E-state index contributed by atoms with van der Waals surface area (Å²) in [5.74, 6) is 0.885. The summed E-state index contributed by atoms with van der Waals surface area (Å²) in [7, 11) is 2.04. The van der Waals surface area contributed by atoms with Gasteiger partial charge in [0.05, 0.1) is 11.9 Å². The maximum absolute atomic E-state index is 4.48. The smallest absolute Gasteiger partial charge is 0.203 e. The zero-order valence-corrected chi connectivity index (χ0v) is 12.4. The van der Waals surface area contributed by atoms with Gasteiger partial charge < -0.3 is 9.88 Å². The van der Waals surface area contributed by atoms with Crippen LogP contribution in [-0.2, 0) is 13.6 Å². The lowest BCUT2D eigenvalue weighted by Crippen LogP contribution is -2.05. The molecule has 0 fully saturated rings. The average Bonchev–Trinajstić information content (AvgIpc) is 2.87. The molecular formula is C18H19N3. The van der Waals surface area contributed by atoms with Crippen LogP contribution in [0.2, 0.25) is 0 Å². The topological polar surface area (TPSA) is 29.9 Å². The van der Waals surface area contributed by atoms with E-state index in [4.69, 9.17) is 0 Å². The Hall–Kier alpha value is -2.55. The molecule has 0 radical (unpaired) electrons. The fourth-order valence-corrected chi connectivity index (χ4v) is 2.45. The molecule has 1 N–H and O–H groups in total. The molecule has 0 amide bonds. The van der Waals surface area contributed by atoms with Crippen molar-refractivity contribution in [1.82, 2.24) is 9.55 Å². The van der Waals surface area contributed by atoms with Gasteiger partial charge in [-0.1, -0.05) is 60.2 Å². The van der Waals surface area contributed by atoms with Crippen molar-refractivity contribution in [2.45, 2.75) is 13.5 Å². The van der Waals surface area contributed by atoms with E-state index in [0.717, 1.165) is 18.2 Å². The lowest BCUT2D eigenvalue weighted by Gasteiger charge is -2.09. The number of aromatic nitrogens is 2. The van der Waals surface area contributed by atoms with Crippen molar-refractivity contribution >= 4 is 5.95 Å². The van der Waals surface area contributed by atoms with Crippen LogP contribution in [0.4, 0.5) is 5.95 Å². The van der Waals surface area contributed by atoms with Gasteiger partial charge in [0.15, 0.2) is 0 Å². The van der Waals surface area contributed by atoms with E-state index in [2.05, 4.69) is 58.2 Å². The lowest BCUT2D eigenvalue weighted by molar-refractivity contribution is 0.906. The highest BCUT2D eigenvalue weighted by Crippen LogP contribution is 2.21. The van der Waals surface area contributed by atoms with E-state index in [1.165, 1.54) is 16.7 Å². The molecule has 0 aliphatic carbocycles. The molecule has 1 heterocycles. The number of rotatable bonds is 4. The third-order valence-corrected chi connectivity index (χ3v) is 3.59. The minimum Gasteiger partial charge on any atom is -0.352 e. The van der Waals surface area contributed by atoms with Gasteiger partial charge in [-0.25, -0.2) is 4.98 Å². The molecular weight excluding hydrogens is 258 g/mol. The molecule has 21 heavy (non-hydrogen) atoms. The van der Waals surface area contributed by atoms with Crippen molar-refractivity contribution in [3.8, 4) is 11.3 Å². The molecule has 0 unspecified atom stereocenters. The minimum atomic E-state index is 0.779. The molecule has 1 aromatic heterocycles. The molecule has 0 saturated carbocycles. The second kappa shape index (κ2) is 5.83. The molecule has 0 saturated heterocycles. The number of benzene rings is 2. The quantitative estimate of drug-likeness (QED) is 0.781. The van der Waals surface area contributed by atoms with Crippen molar-refractivity contribution in [2.24, 2.45) is 7.05 Å². The maximum Gasteiger partial charge on any atom is 0.203 e. The number of anilines is 1. The van der Waals surface area contributed by atoms with E-state index < -0.39 is 0 Å². The minimum absolute atomic E-state index is 0.779. The summed E-state index contributed by atoms with van der Waals surface area (Å²) in [6.45, 7) is 2.89. The summed E-state index contributed by atoms with van der Waals surface area (Å²) in [5.41, 5.74) is 4.83. The zero-order valence-electron chi connectivity index (χ0n) is 12.4. The fourth-order valence-electron chi connectivity index (χ4n) is 2.45. The van der Waals surface area contributed by atoms with Crippen LogP contribution >= 0.6 is 0 Å². The van der Waals surface area contributed by atoms with Crippen LogP contribution in [0.1, 0.15) is 11.1 Å². The predicted octanol–water partition coefficient (Wildman–Crippen LogP) is 4.01. The number of hydrogen-bond acceptors (Lipinski definition) is 2. The van der Waals surface area contributed by atoms with Gasteiger partial charge in [-0.15, -0.1) is 0 Å². The molecule has 3 nitrogen and oxygen atoms in total. The Morgan fingerprint density at radius 3 is 2.62 bits per heavy atom. The van der Waals surface area contributed by atoms with Crippen LogP contribution in [0.15, 0.2) is 60.8 Å². The Bertz CT molecular complexity index is 729. The SMILES string of the molecule is Cc1cccc(CNc2ncc(-c3ccccc3)n2C)c1. The van der Waals surface area contributed by atoms with Gasteiger partial charge in [0.25, 0.3) is 0 Å². The van der Waals surface area contributed by atoms with Crippen molar-refractivity contribution in [1.29, 1.82) is 0 Å². The summed E-state index contributed by atoms with van der Waals surface area (Å²) in [6, 6.07) is 18.8. The summed E-state index contributed by atoms with van der Waals surface area (Å²) in [4.78, 5) is 4.48. The zero-order chi connectivity index (χ0) is 14.7. The second-order valence-corrected chi connectivity index (χ2v) is 5.23. The van der Waals surface area contributed by atoms with Gasteiger partial charge in [0.1, 0.15) is 0 Å². The van der Waals surface area contributed by atoms with Crippen molar-refractivity contribution in [3.05, 3.63) is 71.9 Å². The molecule has 2 aromatic carbocycles. The van der Waals surface area contributed by atoms with Crippen LogP contribution in [0.5, 0.6) is 0 Å². The third kappa shape index (κ3) is 2.97. The Morgan fingerprint density at radius 2 is 1.86 bits per heavy atom. The normalized spacial score (nSPS) is 10.6. The van der Waals surface area contributed by atoms with Crippen LogP contribution in [0, 0.1) is 6.92 Å². The second-order valence-electron chi connectivity index (χ2n) is 5.23. The van der Waals surface area contributed by atoms with E-state index in [0.29, 0.717) is 0 Å². The van der Waals surface area contributed by atoms with Crippen molar-refractivity contribution < 1.29 is 0 Å². The largest absolute Gasteiger partial charge is 0.352 e. The maximum atomic E-state index is 4.48. The molecule has 3 heteroatoms. The lowest BCUT2D eigenvalue weighted by atomic mass is 10.1. The van der Waals surface area contributed by atoms with Crippen molar-refractivity contribution in [3.63, 3.8) is 0 Å². The summed E-state index contributed by atoms with van der Waals surface area (Å²) < 4.78 is 2.09. The monoisotopic (exact) mass is 277 g/mol. The Balaban J connectivity index is 1.77. The van der Waals surface area contributed by atoms with Crippen LogP contribution in [0.25, 0.3) is 11.3 Å². The fraction of sp³-hybridized carbons (Fsp3) is 0.167. The molecule has 0 bridgehead atoms. The van der Waals surface area contributed by atoms with Crippen LogP contribution in [-0.4, -0.2) is 9.55 Å². The first-order chi connectivity index (χ1) is 10.2. The van der Waals surface area contributed by atoms with Crippen molar-refractivity contribution in [2.75, 3.05) is 5.32 Å². The molecule has 0 spiro atoms. The molecule has 106 valence electrons. The Kier molecular flexibility index (Phi) is 3.73. The number of imidazole rings is 1. The van der Waals surface area contributed by atoms with E-state index in [9.17, 15) is 0 Å². The van der Waals surface area contributed by atoms with Gasteiger partial charge in [0, 0.05) is 13.6 Å². The highest BCUT2D eigenvalue weighted by Gasteiger charge is 2.07. The Labute approximate surface area is 125 Å². The number of aryl methyl sites for hydroxylation is 1. The summed E-state index contributed by atoms with van der Waals surface area (Å²) in [6.07, 6.45) is 1.91. The number of nitrogens with zero attached hydrogens (tertiary/aromatic N) is 2. The highest BCUT2D eigenvalue weighted by molar-refractivity contribution is 5.61. The molecule has 3 rings (SSSR count).